The standard InChI is InChI=1S/C69H52N2/c1-49-43-66-65-38-22-37-64(68(65)69(67(66)44-50(49)2,56-28-13-5-14-29-56)57-30-15-6-16-31-57)55-46-62(70(58-32-17-7-18-33-58)60-41-39-53(40-42-60)51-23-9-3-10-24-51)48-63(47-55)71(59-34-19-8-20-35-59)61-36-21-27-54(45-61)52-25-11-4-12-26-52/h3-48H,1-2H3. The summed E-state index contributed by atoms with van der Waals surface area (Å²) < 4.78 is 0. The molecule has 12 rings (SSSR count). The van der Waals surface area contributed by atoms with Crippen LogP contribution < -0.4 is 9.80 Å². The second-order valence-electron chi connectivity index (χ2n) is 18.6. The second-order valence-corrected chi connectivity index (χ2v) is 18.6. The maximum Gasteiger partial charge on any atom is 0.0719 e. The highest BCUT2D eigenvalue weighted by atomic mass is 15.2. The second kappa shape index (κ2) is 18.5. The maximum absolute atomic E-state index is 2.46. The van der Waals surface area contributed by atoms with Crippen LogP contribution in [0, 0.1) is 13.8 Å². The van der Waals surface area contributed by atoms with Gasteiger partial charge in [-0.1, -0.05) is 212 Å². The van der Waals surface area contributed by atoms with Crippen molar-refractivity contribution in [2.45, 2.75) is 19.3 Å². The van der Waals surface area contributed by atoms with Gasteiger partial charge in [0.2, 0.25) is 0 Å². The SMILES string of the molecule is Cc1cc2c(cc1C)C(c1ccccc1)(c1ccccc1)c1c(-c3cc(N(c4ccccc4)c4ccc(-c5ccccc5)cc4)cc(N(c4ccccc4)c4cccc(-c5ccccc5)c4)c3)cccc1-2. The molecule has 1 aliphatic rings. The predicted molar refractivity (Wildman–Crippen MR) is 299 cm³/mol. The Kier molecular flexibility index (Phi) is 11.3. The van der Waals surface area contributed by atoms with E-state index in [1.165, 1.54) is 66.8 Å². The number of benzene rings is 11. The summed E-state index contributed by atoms with van der Waals surface area (Å²) in [7, 11) is 0. The Hall–Kier alpha value is -8.98. The van der Waals surface area contributed by atoms with E-state index in [0.717, 1.165) is 45.3 Å². The maximum atomic E-state index is 2.46. The van der Waals surface area contributed by atoms with Crippen molar-refractivity contribution in [1.82, 2.24) is 0 Å². The first-order valence-corrected chi connectivity index (χ1v) is 24.6. The molecule has 0 atom stereocenters. The molecule has 2 heteroatoms. The van der Waals surface area contributed by atoms with Gasteiger partial charge in [0.25, 0.3) is 0 Å². The van der Waals surface area contributed by atoms with Crippen LogP contribution in [-0.2, 0) is 5.41 Å². The summed E-state index contributed by atoms with van der Waals surface area (Å²) in [6, 6.07) is 102. The molecule has 0 radical (unpaired) electrons. The third-order valence-corrected chi connectivity index (χ3v) is 14.4. The predicted octanol–water partition coefficient (Wildman–Crippen LogP) is 18.6. The van der Waals surface area contributed by atoms with Crippen molar-refractivity contribution in [2.24, 2.45) is 0 Å². The fraction of sp³-hybridized carbons (Fsp3) is 0.0435. The summed E-state index contributed by atoms with van der Waals surface area (Å²) in [5.74, 6) is 0. The molecular formula is C69H52N2. The molecule has 0 N–H and O–H groups in total. The molecule has 0 saturated carbocycles. The smallest absolute Gasteiger partial charge is 0.0719 e. The van der Waals surface area contributed by atoms with Gasteiger partial charge in [-0.3, -0.25) is 0 Å². The third-order valence-electron chi connectivity index (χ3n) is 14.4. The van der Waals surface area contributed by atoms with Crippen molar-refractivity contribution >= 4 is 34.1 Å². The minimum absolute atomic E-state index is 0.617. The molecule has 338 valence electrons. The molecule has 2 nitrogen and oxygen atoms in total. The number of fused-ring (bicyclic) bond motifs is 3. The number of para-hydroxylation sites is 2. The summed E-state index contributed by atoms with van der Waals surface area (Å²) in [5, 5.41) is 0. The molecule has 71 heavy (non-hydrogen) atoms. The van der Waals surface area contributed by atoms with Crippen LogP contribution in [0.2, 0.25) is 0 Å². The van der Waals surface area contributed by atoms with E-state index in [1.807, 2.05) is 0 Å². The van der Waals surface area contributed by atoms with Crippen LogP contribution >= 0.6 is 0 Å². The van der Waals surface area contributed by atoms with Crippen molar-refractivity contribution in [2.75, 3.05) is 9.80 Å². The lowest BCUT2D eigenvalue weighted by Gasteiger charge is -2.36. The van der Waals surface area contributed by atoms with Crippen molar-refractivity contribution in [3.8, 4) is 44.5 Å². The Balaban J connectivity index is 1.17. The highest BCUT2D eigenvalue weighted by Crippen LogP contribution is 2.60. The van der Waals surface area contributed by atoms with E-state index in [-0.39, 0.29) is 0 Å². The normalized spacial score (nSPS) is 12.2. The van der Waals surface area contributed by atoms with Crippen molar-refractivity contribution in [3.63, 3.8) is 0 Å². The molecule has 0 aromatic heterocycles. The van der Waals surface area contributed by atoms with Gasteiger partial charge in [0.05, 0.1) is 5.41 Å². The van der Waals surface area contributed by atoms with Crippen LogP contribution in [0.3, 0.4) is 0 Å². The summed E-state index contributed by atoms with van der Waals surface area (Å²) in [6.07, 6.45) is 0. The zero-order chi connectivity index (χ0) is 47.7. The molecule has 0 saturated heterocycles. The van der Waals surface area contributed by atoms with Crippen molar-refractivity contribution in [1.29, 1.82) is 0 Å². The number of nitrogens with zero attached hydrogens (tertiary/aromatic N) is 2. The molecule has 0 unspecified atom stereocenters. The molecule has 0 aliphatic heterocycles. The lowest BCUT2D eigenvalue weighted by Crippen LogP contribution is -2.29. The van der Waals surface area contributed by atoms with Gasteiger partial charge in [-0.25, -0.2) is 0 Å². The van der Waals surface area contributed by atoms with Gasteiger partial charge >= 0.3 is 0 Å². The van der Waals surface area contributed by atoms with Gasteiger partial charge in [0.1, 0.15) is 0 Å². The van der Waals surface area contributed by atoms with Crippen molar-refractivity contribution in [3.05, 3.63) is 312 Å². The van der Waals surface area contributed by atoms with Crippen LogP contribution in [0.1, 0.15) is 33.4 Å². The number of aryl methyl sites for hydroxylation is 2. The van der Waals surface area contributed by atoms with Gasteiger partial charge in [0, 0.05) is 34.1 Å². The van der Waals surface area contributed by atoms with E-state index < -0.39 is 5.41 Å². The fourth-order valence-corrected chi connectivity index (χ4v) is 11.0. The molecule has 11 aromatic carbocycles. The van der Waals surface area contributed by atoms with E-state index >= 15 is 0 Å². The van der Waals surface area contributed by atoms with Gasteiger partial charge in [-0.15, -0.1) is 0 Å². The summed E-state index contributed by atoms with van der Waals surface area (Å²) in [5.41, 5.74) is 22.9. The van der Waals surface area contributed by atoms with Gasteiger partial charge < -0.3 is 9.80 Å². The first-order chi connectivity index (χ1) is 35.0. The number of rotatable bonds is 11. The third kappa shape index (κ3) is 7.81. The number of anilines is 6. The largest absolute Gasteiger partial charge is 0.310 e. The minimum atomic E-state index is -0.617. The first kappa shape index (κ1) is 43.3. The number of hydrogen-bond donors (Lipinski definition) is 0. The van der Waals surface area contributed by atoms with E-state index in [9.17, 15) is 0 Å². The van der Waals surface area contributed by atoms with Crippen molar-refractivity contribution < 1.29 is 0 Å². The molecule has 1 aliphatic carbocycles. The van der Waals surface area contributed by atoms with E-state index in [2.05, 4.69) is 303 Å². The molecular weight excluding hydrogens is 857 g/mol. The molecule has 11 aromatic rings. The average molecular weight is 909 g/mol. The quantitative estimate of drug-likeness (QED) is 0.128. The topological polar surface area (TPSA) is 6.48 Å². The summed E-state index contributed by atoms with van der Waals surface area (Å²) >= 11 is 0. The average Bonchev–Trinajstić information content (AvgIpc) is 3.72. The first-order valence-electron chi connectivity index (χ1n) is 24.6. The van der Waals surface area contributed by atoms with Crippen LogP contribution in [-0.4, -0.2) is 0 Å². The molecule has 0 spiro atoms. The Morgan fingerprint density at radius 2 is 0.648 bits per heavy atom. The summed E-state index contributed by atoms with van der Waals surface area (Å²) in [4.78, 5) is 4.84. The van der Waals surface area contributed by atoms with Crippen LogP contribution in [0.25, 0.3) is 44.5 Å². The Labute approximate surface area is 418 Å². The molecule has 0 amide bonds. The van der Waals surface area contributed by atoms with E-state index in [1.54, 1.807) is 0 Å². The van der Waals surface area contributed by atoms with Crippen LogP contribution in [0.4, 0.5) is 34.1 Å². The lowest BCUT2D eigenvalue weighted by atomic mass is 9.66. The highest BCUT2D eigenvalue weighted by Gasteiger charge is 2.48. The molecule has 0 fully saturated rings. The molecule has 0 heterocycles. The zero-order valence-electron chi connectivity index (χ0n) is 40.0. The fourth-order valence-electron chi connectivity index (χ4n) is 11.0. The minimum Gasteiger partial charge on any atom is -0.310 e. The Morgan fingerprint density at radius 3 is 1.21 bits per heavy atom. The lowest BCUT2D eigenvalue weighted by molar-refractivity contribution is 0.769. The summed E-state index contributed by atoms with van der Waals surface area (Å²) in [6.45, 7) is 4.50. The van der Waals surface area contributed by atoms with E-state index in [0.29, 0.717) is 0 Å². The van der Waals surface area contributed by atoms with Gasteiger partial charge in [-0.05, 0) is 158 Å². The van der Waals surface area contributed by atoms with Gasteiger partial charge in [0.15, 0.2) is 0 Å². The number of hydrogen-bond acceptors (Lipinski definition) is 2. The Bertz CT molecular complexity index is 3590. The Morgan fingerprint density at radius 1 is 0.254 bits per heavy atom. The van der Waals surface area contributed by atoms with E-state index in [4.69, 9.17) is 0 Å². The van der Waals surface area contributed by atoms with Gasteiger partial charge in [-0.2, -0.15) is 0 Å². The molecule has 0 bridgehead atoms. The monoisotopic (exact) mass is 908 g/mol. The zero-order valence-corrected chi connectivity index (χ0v) is 40.0. The van der Waals surface area contributed by atoms with Crippen LogP contribution in [0.15, 0.2) is 279 Å². The van der Waals surface area contributed by atoms with Crippen LogP contribution in [0.5, 0.6) is 0 Å². The highest BCUT2D eigenvalue weighted by molar-refractivity contribution is 5.96.